The highest BCUT2D eigenvalue weighted by Gasteiger charge is 2.19. The van der Waals surface area contributed by atoms with Crippen LogP contribution in [-0.4, -0.2) is 32.3 Å². The molecule has 0 aliphatic heterocycles. The first-order valence-electron chi connectivity index (χ1n) is 5.39. The smallest absolute Gasteiger partial charge is 0.185 e. The zero-order valence-corrected chi connectivity index (χ0v) is 11.4. The molecule has 0 fully saturated rings. The maximum Gasteiger partial charge on any atom is 0.185 e. The van der Waals surface area contributed by atoms with E-state index < -0.39 is 12.2 Å². The molecule has 2 unspecified atom stereocenters. The van der Waals surface area contributed by atoms with E-state index in [1.54, 1.807) is 0 Å². The van der Waals surface area contributed by atoms with Crippen LogP contribution >= 0.6 is 23.4 Å². The summed E-state index contributed by atoms with van der Waals surface area (Å²) in [5, 5.41) is 29.2. The van der Waals surface area contributed by atoms with E-state index in [0.717, 1.165) is 11.8 Å². The Kier molecular flexibility index (Phi) is 5.95. The predicted octanol–water partition coefficient (Wildman–Crippen LogP) is 2.11. The number of hydrogen-bond donors (Lipinski definition) is 3. The van der Waals surface area contributed by atoms with Crippen molar-refractivity contribution < 1.29 is 20.1 Å². The number of benzene rings is 1. The molecule has 1 aromatic carbocycles. The number of carbonyl (C=O) groups is 1. The maximum absolute atomic E-state index is 10.7. The molecule has 0 aliphatic rings. The van der Waals surface area contributed by atoms with E-state index >= 15 is 0 Å². The summed E-state index contributed by atoms with van der Waals surface area (Å²) in [7, 11) is 0. The molecular formula is C12H15ClO4S. The minimum atomic E-state index is -1.11. The van der Waals surface area contributed by atoms with Gasteiger partial charge in [0, 0.05) is 12.7 Å². The summed E-state index contributed by atoms with van der Waals surface area (Å²) in [5.41, 5.74) is 0.386. The van der Waals surface area contributed by atoms with Crippen molar-refractivity contribution in [3.63, 3.8) is 0 Å². The van der Waals surface area contributed by atoms with E-state index in [-0.39, 0.29) is 22.3 Å². The van der Waals surface area contributed by atoms with Crippen LogP contribution in [-0.2, 0) is 4.79 Å². The van der Waals surface area contributed by atoms with Crippen molar-refractivity contribution in [1.82, 2.24) is 0 Å². The second-order valence-corrected chi connectivity index (χ2v) is 5.53. The number of phenolic OH excluding ortho intramolecular Hbond substituents is 1. The molecule has 0 aromatic heterocycles. The van der Waals surface area contributed by atoms with Crippen molar-refractivity contribution in [2.24, 2.45) is 0 Å². The summed E-state index contributed by atoms with van der Waals surface area (Å²) >= 11 is 6.75. The van der Waals surface area contributed by atoms with Crippen molar-refractivity contribution in [2.75, 3.05) is 5.75 Å². The van der Waals surface area contributed by atoms with E-state index in [4.69, 9.17) is 11.6 Å². The largest absolute Gasteiger partial charge is 0.506 e. The first-order valence-corrected chi connectivity index (χ1v) is 6.76. The van der Waals surface area contributed by atoms with Crippen LogP contribution in [0.1, 0.15) is 25.0 Å². The van der Waals surface area contributed by atoms with Crippen LogP contribution in [0.5, 0.6) is 5.75 Å². The second-order valence-electron chi connectivity index (χ2n) is 3.85. The fraction of sp³-hybridized carbons (Fsp3) is 0.417. The molecular weight excluding hydrogens is 276 g/mol. The lowest BCUT2D eigenvalue weighted by Crippen LogP contribution is -2.19. The van der Waals surface area contributed by atoms with Gasteiger partial charge in [-0.3, -0.25) is 4.79 Å². The Bertz CT molecular complexity index is 425. The third kappa shape index (κ3) is 4.49. The topological polar surface area (TPSA) is 77.8 Å². The van der Waals surface area contributed by atoms with Gasteiger partial charge in [0.05, 0.1) is 11.1 Å². The standard InChI is InChI=1S/C12H15ClO4S/c1-7(14)18-5-4-10(15)12(17)8-2-3-9(13)11(16)6-8/h2-3,6,10,12,15-17H,4-5H2,1H3. The maximum atomic E-state index is 10.7. The molecule has 4 nitrogen and oxygen atoms in total. The van der Waals surface area contributed by atoms with Gasteiger partial charge in [0.25, 0.3) is 0 Å². The number of aliphatic hydroxyl groups excluding tert-OH is 2. The van der Waals surface area contributed by atoms with Gasteiger partial charge in [0.2, 0.25) is 0 Å². The Labute approximate surface area is 115 Å². The van der Waals surface area contributed by atoms with Crippen LogP contribution in [0.25, 0.3) is 0 Å². The Hall–Kier alpha value is -0.750. The second kappa shape index (κ2) is 6.99. The SMILES string of the molecule is CC(=O)SCCC(O)C(O)c1ccc(Cl)c(O)c1. The predicted molar refractivity (Wildman–Crippen MR) is 71.8 cm³/mol. The molecule has 0 amide bonds. The van der Waals surface area contributed by atoms with Gasteiger partial charge in [-0.1, -0.05) is 29.4 Å². The quantitative estimate of drug-likeness (QED) is 0.774. The molecule has 0 bridgehead atoms. The normalized spacial score (nSPS) is 14.2. The van der Waals surface area contributed by atoms with Crippen LogP contribution in [0, 0.1) is 0 Å². The number of rotatable bonds is 5. The summed E-state index contributed by atoms with van der Waals surface area (Å²) in [6.45, 7) is 1.45. The highest BCUT2D eigenvalue weighted by atomic mass is 35.5. The molecule has 1 rings (SSSR count). The molecule has 3 N–H and O–H groups in total. The fourth-order valence-electron chi connectivity index (χ4n) is 1.42. The molecule has 18 heavy (non-hydrogen) atoms. The van der Waals surface area contributed by atoms with Crippen molar-refractivity contribution >= 4 is 28.5 Å². The summed E-state index contributed by atoms with van der Waals surface area (Å²) in [6.07, 6.45) is -1.81. The highest BCUT2D eigenvalue weighted by Crippen LogP contribution is 2.28. The Morgan fingerprint density at radius 1 is 1.44 bits per heavy atom. The number of aliphatic hydroxyl groups is 2. The summed E-state index contributed by atoms with van der Waals surface area (Å²) in [6, 6.07) is 4.30. The van der Waals surface area contributed by atoms with Gasteiger partial charge in [-0.25, -0.2) is 0 Å². The first-order chi connectivity index (χ1) is 8.41. The molecule has 0 saturated heterocycles. The zero-order chi connectivity index (χ0) is 13.7. The van der Waals surface area contributed by atoms with Crippen LogP contribution < -0.4 is 0 Å². The minimum Gasteiger partial charge on any atom is -0.506 e. The average Bonchev–Trinajstić information content (AvgIpc) is 2.31. The van der Waals surface area contributed by atoms with E-state index in [2.05, 4.69) is 0 Å². The van der Waals surface area contributed by atoms with Gasteiger partial charge < -0.3 is 15.3 Å². The van der Waals surface area contributed by atoms with Gasteiger partial charge in [-0.15, -0.1) is 0 Å². The molecule has 0 saturated carbocycles. The molecule has 1 aromatic rings. The summed E-state index contributed by atoms with van der Waals surface area (Å²) in [4.78, 5) is 10.7. The van der Waals surface area contributed by atoms with E-state index in [0.29, 0.717) is 11.3 Å². The number of aromatic hydroxyl groups is 1. The summed E-state index contributed by atoms with van der Waals surface area (Å²) in [5.74, 6) is 0.297. The third-order valence-electron chi connectivity index (χ3n) is 2.40. The van der Waals surface area contributed by atoms with Crippen LogP contribution in [0.4, 0.5) is 0 Å². The number of hydrogen-bond acceptors (Lipinski definition) is 5. The number of phenols is 1. The van der Waals surface area contributed by atoms with Crippen molar-refractivity contribution in [3.05, 3.63) is 28.8 Å². The van der Waals surface area contributed by atoms with E-state index in [9.17, 15) is 20.1 Å². The molecule has 0 heterocycles. The van der Waals surface area contributed by atoms with Crippen LogP contribution in [0.15, 0.2) is 18.2 Å². The van der Waals surface area contributed by atoms with Gasteiger partial charge in [-0.05, 0) is 24.1 Å². The van der Waals surface area contributed by atoms with Crippen molar-refractivity contribution in [1.29, 1.82) is 0 Å². The molecule has 0 radical (unpaired) electrons. The van der Waals surface area contributed by atoms with Crippen molar-refractivity contribution in [3.8, 4) is 5.75 Å². The molecule has 2 atom stereocenters. The lowest BCUT2D eigenvalue weighted by atomic mass is 10.0. The van der Waals surface area contributed by atoms with E-state index in [1.807, 2.05) is 0 Å². The van der Waals surface area contributed by atoms with E-state index in [1.165, 1.54) is 25.1 Å². The van der Waals surface area contributed by atoms with Gasteiger partial charge >= 0.3 is 0 Å². The minimum absolute atomic E-state index is 0.0270. The molecule has 0 spiro atoms. The monoisotopic (exact) mass is 290 g/mol. The molecule has 100 valence electrons. The Morgan fingerprint density at radius 3 is 2.67 bits per heavy atom. The lowest BCUT2D eigenvalue weighted by molar-refractivity contribution is -0.109. The van der Waals surface area contributed by atoms with Crippen LogP contribution in [0.2, 0.25) is 5.02 Å². The third-order valence-corrected chi connectivity index (χ3v) is 3.56. The number of halogens is 1. The number of thioether (sulfide) groups is 1. The molecule has 6 heteroatoms. The van der Waals surface area contributed by atoms with Gasteiger partial charge in [0.15, 0.2) is 5.12 Å². The van der Waals surface area contributed by atoms with Crippen molar-refractivity contribution in [2.45, 2.75) is 25.6 Å². The number of carbonyl (C=O) groups excluding carboxylic acids is 1. The Balaban J connectivity index is 2.59. The van der Waals surface area contributed by atoms with Gasteiger partial charge in [-0.2, -0.15) is 0 Å². The fourth-order valence-corrected chi connectivity index (χ4v) is 2.18. The summed E-state index contributed by atoms with van der Waals surface area (Å²) < 4.78 is 0. The average molecular weight is 291 g/mol. The first kappa shape index (κ1) is 15.3. The molecule has 0 aliphatic carbocycles. The lowest BCUT2D eigenvalue weighted by Gasteiger charge is -2.18. The van der Waals surface area contributed by atoms with Crippen LogP contribution in [0.3, 0.4) is 0 Å². The highest BCUT2D eigenvalue weighted by molar-refractivity contribution is 8.13. The zero-order valence-electron chi connectivity index (χ0n) is 9.84. The Morgan fingerprint density at radius 2 is 2.11 bits per heavy atom. The van der Waals surface area contributed by atoms with Gasteiger partial charge in [0.1, 0.15) is 11.9 Å².